The SMILES string of the molecule is Oc1ccccc1Cc1cccc2cc3cc4ccc5cc6cc7ccccc7cc6cc5c4cc3cc12. The average Bonchev–Trinajstić information content (AvgIpc) is 2.94. The Morgan fingerprint density at radius 3 is 1.45 bits per heavy atom. The normalized spacial score (nSPS) is 11.9. The van der Waals surface area contributed by atoms with Crippen molar-refractivity contribution in [2.24, 2.45) is 0 Å². The molecule has 0 aromatic heterocycles. The Balaban J connectivity index is 1.36. The van der Waals surface area contributed by atoms with Crippen LogP contribution < -0.4 is 0 Å². The smallest absolute Gasteiger partial charge is 0.119 e. The quantitative estimate of drug-likeness (QED) is 0.191. The van der Waals surface area contributed by atoms with Crippen LogP contribution in [0.15, 0.2) is 127 Å². The van der Waals surface area contributed by atoms with Gasteiger partial charge in [0.25, 0.3) is 0 Å². The van der Waals surface area contributed by atoms with Crippen molar-refractivity contribution in [1.29, 1.82) is 0 Å². The summed E-state index contributed by atoms with van der Waals surface area (Å²) < 4.78 is 0. The van der Waals surface area contributed by atoms with Crippen molar-refractivity contribution >= 4 is 64.6 Å². The van der Waals surface area contributed by atoms with Crippen LogP contribution >= 0.6 is 0 Å². The molecular formula is C37H24O. The van der Waals surface area contributed by atoms with Gasteiger partial charge in [-0.1, -0.05) is 72.8 Å². The van der Waals surface area contributed by atoms with E-state index in [9.17, 15) is 5.11 Å². The lowest BCUT2D eigenvalue weighted by Crippen LogP contribution is -1.91. The van der Waals surface area contributed by atoms with Crippen molar-refractivity contribution in [2.75, 3.05) is 0 Å². The molecule has 0 aliphatic rings. The van der Waals surface area contributed by atoms with E-state index in [0.717, 1.165) is 5.56 Å². The largest absolute Gasteiger partial charge is 0.508 e. The summed E-state index contributed by atoms with van der Waals surface area (Å²) in [6.45, 7) is 0. The Morgan fingerprint density at radius 1 is 0.342 bits per heavy atom. The van der Waals surface area contributed by atoms with Crippen molar-refractivity contribution in [3.05, 3.63) is 139 Å². The number of hydrogen-bond donors (Lipinski definition) is 1. The van der Waals surface area contributed by atoms with Gasteiger partial charge < -0.3 is 5.11 Å². The highest BCUT2D eigenvalue weighted by Crippen LogP contribution is 2.36. The van der Waals surface area contributed by atoms with Gasteiger partial charge in [0.15, 0.2) is 0 Å². The molecular weight excluding hydrogens is 460 g/mol. The Hall–Kier alpha value is -4.88. The minimum atomic E-state index is 0.350. The second-order valence-electron chi connectivity index (χ2n) is 10.4. The lowest BCUT2D eigenvalue weighted by atomic mass is 9.92. The van der Waals surface area contributed by atoms with Crippen LogP contribution in [0.25, 0.3) is 64.6 Å². The van der Waals surface area contributed by atoms with Crippen LogP contribution in [0.5, 0.6) is 5.75 Å². The molecule has 0 amide bonds. The highest BCUT2D eigenvalue weighted by atomic mass is 16.3. The van der Waals surface area contributed by atoms with Gasteiger partial charge in [0.05, 0.1) is 0 Å². The molecule has 38 heavy (non-hydrogen) atoms. The third kappa shape index (κ3) is 3.33. The van der Waals surface area contributed by atoms with Crippen molar-refractivity contribution in [3.8, 4) is 5.75 Å². The molecule has 0 aliphatic carbocycles. The average molecular weight is 485 g/mol. The molecule has 1 N–H and O–H groups in total. The zero-order valence-corrected chi connectivity index (χ0v) is 20.8. The van der Waals surface area contributed by atoms with E-state index >= 15 is 0 Å². The molecule has 0 fully saturated rings. The number of aromatic hydroxyl groups is 1. The van der Waals surface area contributed by atoms with Gasteiger partial charge in [0, 0.05) is 6.42 Å². The Morgan fingerprint density at radius 2 is 0.789 bits per heavy atom. The van der Waals surface area contributed by atoms with Crippen molar-refractivity contribution in [1.82, 2.24) is 0 Å². The Labute approximate surface area is 220 Å². The van der Waals surface area contributed by atoms with Crippen LogP contribution in [-0.4, -0.2) is 5.11 Å². The standard InChI is InChI=1S/C37H24O/c38-37-11-4-3-8-29(37)16-25-9-5-10-26-17-31-19-28-13-12-27-18-30-14-23-6-1-2-7-24(23)15-32(30)21-35(27)36(28)22-33(31)20-34(25)26/h1-15,17-22,38H,16H2. The van der Waals surface area contributed by atoms with E-state index in [0.29, 0.717) is 12.2 Å². The van der Waals surface area contributed by atoms with Gasteiger partial charge in [-0.05, 0) is 130 Å². The van der Waals surface area contributed by atoms with Gasteiger partial charge in [-0.2, -0.15) is 0 Å². The van der Waals surface area contributed by atoms with E-state index in [1.165, 1.54) is 70.2 Å². The number of para-hydroxylation sites is 1. The summed E-state index contributed by atoms with van der Waals surface area (Å²) >= 11 is 0. The third-order valence-corrected chi connectivity index (χ3v) is 8.07. The summed E-state index contributed by atoms with van der Waals surface area (Å²) in [5.41, 5.74) is 2.17. The minimum Gasteiger partial charge on any atom is -0.508 e. The van der Waals surface area contributed by atoms with Crippen molar-refractivity contribution < 1.29 is 5.11 Å². The summed E-state index contributed by atoms with van der Waals surface area (Å²) in [4.78, 5) is 0. The van der Waals surface area contributed by atoms with Gasteiger partial charge in [-0.3, -0.25) is 0 Å². The molecule has 0 bridgehead atoms. The number of fused-ring (bicyclic) bond motifs is 7. The lowest BCUT2D eigenvalue weighted by Gasteiger charge is -2.12. The second-order valence-corrected chi connectivity index (χ2v) is 10.4. The van der Waals surface area contributed by atoms with E-state index in [-0.39, 0.29) is 0 Å². The zero-order chi connectivity index (χ0) is 25.2. The Bertz CT molecular complexity index is 2220. The van der Waals surface area contributed by atoms with Crippen LogP contribution in [0.4, 0.5) is 0 Å². The molecule has 0 spiro atoms. The maximum Gasteiger partial charge on any atom is 0.119 e. The van der Waals surface area contributed by atoms with Crippen molar-refractivity contribution in [2.45, 2.75) is 6.42 Å². The second kappa shape index (κ2) is 8.06. The van der Waals surface area contributed by atoms with Gasteiger partial charge in [0.2, 0.25) is 0 Å². The molecule has 1 nitrogen and oxygen atoms in total. The maximum atomic E-state index is 10.4. The first-order valence-corrected chi connectivity index (χ1v) is 13.1. The molecule has 178 valence electrons. The van der Waals surface area contributed by atoms with E-state index < -0.39 is 0 Å². The number of phenols is 1. The molecule has 0 aliphatic heterocycles. The fourth-order valence-corrected chi connectivity index (χ4v) is 6.11. The van der Waals surface area contributed by atoms with Crippen LogP contribution in [0, 0.1) is 0 Å². The van der Waals surface area contributed by atoms with Gasteiger partial charge in [0.1, 0.15) is 5.75 Å². The third-order valence-electron chi connectivity index (χ3n) is 8.07. The molecule has 8 aromatic rings. The van der Waals surface area contributed by atoms with E-state index in [2.05, 4.69) is 103 Å². The topological polar surface area (TPSA) is 20.2 Å². The summed E-state index contributed by atoms with van der Waals surface area (Å²) in [7, 11) is 0. The molecule has 0 heterocycles. The molecule has 0 radical (unpaired) electrons. The predicted octanol–water partition coefficient (Wildman–Crippen LogP) is 9.90. The first-order chi connectivity index (χ1) is 18.7. The van der Waals surface area contributed by atoms with Crippen LogP contribution in [0.3, 0.4) is 0 Å². The Kier molecular flexibility index (Phi) is 4.50. The summed E-state index contributed by atoms with van der Waals surface area (Å²) in [6.07, 6.45) is 0.700. The fraction of sp³-hybridized carbons (Fsp3) is 0.0270. The molecule has 8 aromatic carbocycles. The van der Waals surface area contributed by atoms with Crippen molar-refractivity contribution in [3.63, 3.8) is 0 Å². The highest BCUT2D eigenvalue weighted by Gasteiger charge is 2.10. The maximum absolute atomic E-state index is 10.4. The number of phenolic OH excluding ortho intramolecular Hbond substituents is 1. The first kappa shape index (κ1) is 21.2. The molecule has 1 heteroatoms. The van der Waals surface area contributed by atoms with Gasteiger partial charge >= 0.3 is 0 Å². The number of hydrogen-bond acceptors (Lipinski definition) is 1. The molecule has 8 rings (SSSR count). The van der Waals surface area contributed by atoms with Crippen LogP contribution in [0.1, 0.15) is 11.1 Å². The van der Waals surface area contributed by atoms with E-state index in [1.807, 2.05) is 18.2 Å². The summed E-state index contributed by atoms with van der Waals surface area (Å²) in [5, 5.41) is 25.5. The number of rotatable bonds is 2. The summed E-state index contributed by atoms with van der Waals surface area (Å²) in [6, 6.07) is 45.8. The van der Waals surface area contributed by atoms with E-state index in [1.54, 1.807) is 6.07 Å². The summed E-state index contributed by atoms with van der Waals surface area (Å²) in [5.74, 6) is 0.350. The van der Waals surface area contributed by atoms with E-state index in [4.69, 9.17) is 0 Å². The number of benzene rings is 8. The monoisotopic (exact) mass is 484 g/mol. The van der Waals surface area contributed by atoms with Crippen LogP contribution in [-0.2, 0) is 6.42 Å². The molecule has 0 unspecified atom stereocenters. The van der Waals surface area contributed by atoms with Crippen LogP contribution in [0.2, 0.25) is 0 Å². The minimum absolute atomic E-state index is 0.350. The predicted molar refractivity (Wildman–Crippen MR) is 162 cm³/mol. The molecule has 0 saturated carbocycles. The van der Waals surface area contributed by atoms with Gasteiger partial charge in [-0.25, -0.2) is 0 Å². The molecule has 0 saturated heterocycles. The molecule has 0 atom stereocenters. The zero-order valence-electron chi connectivity index (χ0n) is 20.8. The highest BCUT2D eigenvalue weighted by molar-refractivity contribution is 6.17. The van der Waals surface area contributed by atoms with Gasteiger partial charge in [-0.15, -0.1) is 0 Å². The fourth-order valence-electron chi connectivity index (χ4n) is 6.11. The lowest BCUT2D eigenvalue weighted by molar-refractivity contribution is 0.469. The first-order valence-electron chi connectivity index (χ1n) is 13.1.